The van der Waals surface area contributed by atoms with E-state index in [0.717, 1.165) is 17.7 Å². The van der Waals surface area contributed by atoms with Gasteiger partial charge in [0.05, 0.1) is 42.6 Å². The van der Waals surface area contributed by atoms with E-state index in [-0.39, 0.29) is 48.3 Å². The number of methoxy groups -OCH3 is 1. The van der Waals surface area contributed by atoms with Crippen molar-refractivity contribution in [3.05, 3.63) is 104 Å². The zero-order valence-corrected chi connectivity index (χ0v) is 20.3. The number of imidazole rings is 1. The third-order valence-corrected chi connectivity index (χ3v) is 5.97. The van der Waals surface area contributed by atoms with Crippen LogP contribution in [0.4, 0.5) is 10.1 Å². The minimum atomic E-state index is -0.713. The number of nitro benzene ring substituents is 1. The maximum absolute atomic E-state index is 14.5. The lowest BCUT2D eigenvalue weighted by Crippen LogP contribution is -2.38. The minimum absolute atomic E-state index is 0.103. The molecule has 38 heavy (non-hydrogen) atoms. The summed E-state index contributed by atoms with van der Waals surface area (Å²) in [6.07, 6.45) is -0.336. The van der Waals surface area contributed by atoms with Crippen molar-refractivity contribution in [2.45, 2.75) is 19.5 Å². The molecule has 11 nitrogen and oxygen atoms in total. The number of hydrogen-bond acceptors (Lipinski definition) is 6. The molecule has 0 spiro atoms. The monoisotopic (exact) mass is 521 g/mol. The average molecular weight is 522 g/mol. The summed E-state index contributed by atoms with van der Waals surface area (Å²) >= 11 is 0. The standard InChI is InChI=1S/C26H24FN5O6/c1-38-22-8-7-20(32(36)37)10-18(22)14-31-25-17(9-19(27)12-21(25)29-26(31)35)11-24(34)30(15-23(28)33)13-16-5-3-2-4-6-16/h2-10,12H,11,13-15H2,1H3,(H2,28,33)(H,29,35). The number of ether oxygens (including phenoxy) is 1. The summed E-state index contributed by atoms with van der Waals surface area (Å²) in [5.41, 5.74) is 6.25. The fraction of sp³-hybridized carbons (Fsp3) is 0.192. The van der Waals surface area contributed by atoms with Crippen LogP contribution in [0.1, 0.15) is 16.7 Å². The summed E-state index contributed by atoms with van der Waals surface area (Å²) < 4.78 is 21.1. The fourth-order valence-electron chi connectivity index (χ4n) is 4.31. The molecule has 0 saturated heterocycles. The molecule has 4 rings (SSSR count). The number of aromatic nitrogens is 2. The van der Waals surface area contributed by atoms with E-state index in [0.29, 0.717) is 11.3 Å². The molecule has 12 heteroatoms. The summed E-state index contributed by atoms with van der Waals surface area (Å²) in [6.45, 7) is -0.394. The van der Waals surface area contributed by atoms with Crippen LogP contribution in [0.25, 0.3) is 11.0 Å². The molecular formula is C26H24FN5O6. The molecule has 0 atom stereocenters. The molecule has 1 aromatic heterocycles. The number of benzene rings is 3. The van der Waals surface area contributed by atoms with Crippen LogP contribution in [0.15, 0.2) is 65.5 Å². The maximum Gasteiger partial charge on any atom is 0.326 e. The van der Waals surface area contributed by atoms with Gasteiger partial charge < -0.3 is 20.4 Å². The van der Waals surface area contributed by atoms with Crippen molar-refractivity contribution in [1.82, 2.24) is 14.5 Å². The molecule has 0 fully saturated rings. The zero-order valence-electron chi connectivity index (χ0n) is 20.3. The number of nitrogens with one attached hydrogen (secondary N) is 1. The van der Waals surface area contributed by atoms with E-state index in [9.17, 15) is 28.9 Å². The van der Waals surface area contributed by atoms with E-state index in [2.05, 4.69) is 4.98 Å². The van der Waals surface area contributed by atoms with Crippen molar-refractivity contribution in [3.8, 4) is 5.75 Å². The molecule has 4 aromatic rings. The van der Waals surface area contributed by atoms with Gasteiger partial charge in [0.2, 0.25) is 11.8 Å². The van der Waals surface area contributed by atoms with Crippen LogP contribution >= 0.6 is 0 Å². The fourth-order valence-corrected chi connectivity index (χ4v) is 4.31. The van der Waals surface area contributed by atoms with Crippen molar-refractivity contribution >= 4 is 28.5 Å². The normalized spacial score (nSPS) is 10.9. The lowest BCUT2D eigenvalue weighted by atomic mass is 10.1. The molecule has 3 N–H and O–H groups in total. The first-order chi connectivity index (χ1) is 18.2. The number of amides is 2. The highest BCUT2D eigenvalue weighted by Crippen LogP contribution is 2.27. The van der Waals surface area contributed by atoms with Gasteiger partial charge in [0.1, 0.15) is 11.6 Å². The lowest BCUT2D eigenvalue weighted by Gasteiger charge is -2.22. The predicted molar refractivity (Wildman–Crippen MR) is 136 cm³/mol. The number of halogens is 1. The molecule has 0 saturated carbocycles. The summed E-state index contributed by atoms with van der Waals surface area (Å²) in [4.78, 5) is 52.4. The van der Waals surface area contributed by atoms with Crippen molar-refractivity contribution in [1.29, 1.82) is 0 Å². The minimum Gasteiger partial charge on any atom is -0.496 e. The topological polar surface area (TPSA) is 154 Å². The Morgan fingerprint density at radius 3 is 2.53 bits per heavy atom. The van der Waals surface area contributed by atoms with E-state index in [1.807, 2.05) is 6.07 Å². The Morgan fingerprint density at radius 1 is 1.13 bits per heavy atom. The van der Waals surface area contributed by atoms with Gasteiger partial charge >= 0.3 is 5.69 Å². The van der Waals surface area contributed by atoms with Gasteiger partial charge in [-0.15, -0.1) is 0 Å². The number of carbonyl (C=O) groups excluding carboxylic acids is 2. The smallest absolute Gasteiger partial charge is 0.326 e. The quantitative estimate of drug-likeness (QED) is 0.241. The zero-order chi connectivity index (χ0) is 27.4. The van der Waals surface area contributed by atoms with Crippen molar-refractivity contribution in [2.24, 2.45) is 5.73 Å². The van der Waals surface area contributed by atoms with E-state index >= 15 is 0 Å². The van der Waals surface area contributed by atoms with Gasteiger partial charge in [-0.1, -0.05) is 30.3 Å². The maximum atomic E-state index is 14.5. The summed E-state index contributed by atoms with van der Waals surface area (Å²) in [6, 6.07) is 15.2. The Balaban J connectivity index is 1.74. The van der Waals surface area contributed by atoms with E-state index in [1.54, 1.807) is 24.3 Å². The van der Waals surface area contributed by atoms with Crippen molar-refractivity contribution in [2.75, 3.05) is 13.7 Å². The first kappa shape index (κ1) is 26.1. The van der Waals surface area contributed by atoms with Crippen LogP contribution in [0.5, 0.6) is 5.75 Å². The Bertz CT molecular complexity index is 1580. The summed E-state index contributed by atoms with van der Waals surface area (Å²) in [5.74, 6) is -1.58. The molecule has 0 unspecified atom stereocenters. The van der Waals surface area contributed by atoms with Crippen LogP contribution in [0, 0.1) is 15.9 Å². The second-order valence-corrected chi connectivity index (χ2v) is 8.61. The highest BCUT2D eigenvalue weighted by atomic mass is 19.1. The van der Waals surface area contributed by atoms with Gasteiger partial charge in [-0.2, -0.15) is 0 Å². The van der Waals surface area contributed by atoms with Crippen LogP contribution < -0.4 is 16.2 Å². The Morgan fingerprint density at radius 2 is 1.87 bits per heavy atom. The molecular weight excluding hydrogens is 497 g/mol. The molecule has 0 bridgehead atoms. The van der Waals surface area contributed by atoms with E-state index < -0.39 is 28.2 Å². The highest BCUT2D eigenvalue weighted by Gasteiger charge is 2.22. The molecule has 196 valence electrons. The van der Waals surface area contributed by atoms with Crippen molar-refractivity contribution in [3.63, 3.8) is 0 Å². The third kappa shape index (κ3) is 5.69. The number of rotatable bonds is 10. The molecule has 3 aromatic carbocycles. The number of H-pyrrole nitrogens is 1. The second-order valence-electron chi connectivity index (χ2n) is 8.61. The van der Waals surface area contributed by atoms with Gasteiger partial charge in [-0.3, -0.25) is 24.3 Å². The van der Waals surface area contributed by atoms with Crippen molar-refractivity contribution < 1.29 is 23.6 Å². The Hall–Kier alpha value is -5.00. The van der Waals surface area contributed by atoms with Crippen LogP contribution in [0.3, 0.4) is 0 Å². The average Bonchev–Trinajstić information content (AvgIpc) is 3.18. The van der Waals surface area contributed by atoms with Gasteiger partial charge in [-0.05, 0) is 29.3 Å². The van der Waals surface area contributed by atoms with Crippen LogP contribution in [-0.2, 0) is 29.1 Å². The first-order valence-electron chi connectivity index (χ1n) is 11.5. The summed E-state index contributed by atoms with van der Waals surface area (Å²) in [5, 5.41) is 11.3. The first-order valence-corrected chi connectivity index (χ1v) is 11.5. The van der Waals surface area contributed by atoms with Crippen LogP contribution in [-0.4, -0.2) is 44.8 Å². The number of nitrogens with two attached hydrogens (primary N) is 1. The molecule has 1 heterocycles. The van der Waals surface area contributed by atoms with Gasteiger partial charge in [-0.25, -0.2) is 9.18 Å². The Labute approximate surface area is 215 Å². The molecule has 0 aliphatic carbocycles. The molecule has 0 aliphatic rings. The molecule has 0 aliphatic heterocycles. The predicted octanol–water partition coefficient (Wildman–Crippen LogP) is 2.49. The number of nitro groups is 1. The third-order valence-electron chi connectivity index (χ3n) is 5.97. The SMILES string of the molecule is COc1ccc([N+](=O)[O-])cc1Cn1c(=O)[nH]c2cc(F)cc(CC(=O)N(CC(N)=O)Cc3ccccc3)c21. The van der Waals surface area contributed by atoms with Gasteiger partial charge in [0.15, 0.2) is 0 Å². The number of aromatic amines is 1. The van der Waals surface area contributed by atoms with E-state index in [1.165, 1.54) is 34.8 Å². The van der Waals surface area contributed by atoms with Crippen LogP contribution in [0.2, 0.25) is 0 Å². The number of nitrogens with zero attached hydrogens (tertiary/aromatic N) is 3. The largest absolute Gasteiger partial charge is 0.496 e. The molecule has 2 amide bonds. The summed E-state index contributed by atoms with van der Waals surface area (Å²) in [7, 11) is 1.39. The molecule has 0 radical (unpaired) electrons. The number of hydrogen-bond donors (Lipinski definition) is 2. The van der Waals surface area contributed by atoms with E-state index in [4.69, 9.17) is 10.5 Å². The van der Waals surface area contributed by atoms with Gasteiger partial charge in [0.25, 0.3) is 5.69 Å². The number of carbonyl (C=O) groups is 2. The Kier molecular flexibility index (Phi) is 7.51. The highest BCUT2D eigenvalue weighted by molar-refractivity contribution is 5.89. The van der Waals surface area contributed by atoms with Gasteiger partial charge in [0, 0.05) is 24.2 Å². The lowest BCUT2D eigenvalue weighted by molar-refractivity contribution is -0.384. The number of non-ortho nitro benzene ring substituents is 1. The second kappa shape index (κ2) is 10.9. The number of primary amides is 1. The number of fused-ring (bicyclic) bond motifs is 1.